The molecule has 3 N–H and O–H groups in total. The normalized spacial score (nSPS) is 14.7. The highest BCUT2D eigenvalue weighted by molar-refractivity contribution is 14.0. The first-order chi connectivity index (χ1) is 12.6. The van der Waals surface area contributed by atoms with Crippen LogP contribution in [-0.4, -0.2) is 43.6 Å². The van der Waals surface area contributed by atoms with Gasteiger partial charge in [-0.25, -0.2) is 9.38 Å². The van der Waals surface area contributed by atoms with Crippen LogP contribution in [0.2, 0.25) is 0 Å². The highest BCUT2D eigenvalue weighted by Crippen LogP contribution is 2.18. The lowest BCUT2D eigenvalue weighted by Gasteiger charge is -2.15. The molecular formula is C19H30FIN4O2. The maximum absolute atomic E-state index is 13.2. The molecule has 6 nitrogen and oxygen atoms in total. The Hall–Kier alpha value is -1.58. The van der Waals surface area contributed by atoms with Crippen LogP contribution in [0, 0.1) is 5.82 Å². The van der Waals surface area contributed by atoms with E-state index in [-0.39, 0.29) is 41.8 Å². The Balaban J connectivity index is 0.00000364. The lowest BCUT2D eigenvalue weighted by Crippen LogP contribution is -2.39. The first-order valence-electron chi connectivity index (χ1n) is 9.30. The predicted molar refractivity (Wildman–Crippen MR) is 116 cm³/mol. The zero-order valence-electron chi connectivity index (χ0n) is 16.0. The second kappa shape index (κ2) is 12.7. The second-order valence-electron chi connectivity index (χ2n) is 6.48. The second-order valence-corrected chi connectivity index (χ2v) is 6.48. The Morgan fingerprint density at radius 1 is 1.37 bits per heavy atom. The molecule has 1 saturated carbocycles. The van der Waals surface area contributed by atoms with Gasteiger partial charge >= 0.3 is 0 Å². The van der Waals surface area contributed by atoms with Crippen LogP contribution in [0.15, 0.2) is 29.3 Å². The van der Waals surface area contributed by atoms with Crippen LogP contribution in [-0.2, 0) is 4.79 Å². The van der Waals surface area contributed by atoms with E-state index in [1.807, 2.05) is 13.8 Å². The van der Waals surface area contributed by atoms with Gasteiger partial charge in [0.1, 0.15) is 17.7 Å². The minimum absolute atomic E-state index is 0. The summed E-state index contributed by atoms with van der Waals surface area (Å²) in [6.45, 7) is 5.73. The van der Waals surface area contributed by atoms with Crippen LogP contribution < -0.4 is 20.7 Å². The van der Waals surface area contributed by atoms with E-state index in [1.54, 1.807) is 12.1 Å². The predicted octanol–water partition coefficient (Wildman–Crippen LogP) is 2.82. The summed E-state index contributed by atoms with van der Waals surface area (Å²) in [5, 5.41) is 9.36. The molecule has 1 aliphatic carbocycles. The standard InChI is InChI=1S/C19H29FN4O2.HI/c1-3-21-19(22-11-5-8-18(25)24-16-9-10-16)23-13-14(2)26-17-7-4-6-15(20)12-17;/h4,6-7,12,14,16H,3,5,8-11,13H2,1-2H3,(H,24,25)(H2,21,22,23);1H. The van der Waals surface area contributed by atoms with E-state index in [1.165, 1.54) is 12.1 Å². The van der Waals surface area contributed by atoms with Crippen molar-refractivity contribution in [1.29, 1.82) is 0 Å². The molecule has 0 aromatic heterocycles. The molecule has 1 fully saturated rings. The number of rotatable bonds is 10. The van der Waals surface area contributed by atoms with Gasteiger partial charge in [0.05, 0.1) is 6.54 Å². The molecule has 0 saturated heterocycles. The van der Waals surface area contributed by atoms with Crippen molar-refractivity contribution in [3.05, 3.63) is 30.1 Å². The summed E-state index contributed by atoms with van der Waals surface area (Å²) in [5.41, 5.74) is 0. The first kappa shape index (κ1) is 23.5. The van der Waals surface area contributed by atoms with Gasteiger partial charge in [-0.15, -0.1) is 24.0 Å². The zero-order chi connectivity index (χ0) is 18.8. The fourth-order valence-electron chi connectivity index (χ4n) is 2.35. The Labute approximate surface area is 177 Å². The Morgan fingerprint density at radius 2 is 2.15 bits per heavy atom. The molecule has 152 valence electrons. The molecule has 0 heterocycles. The summed E-state index contributed by atoms with van der Waals surface area (Å²) in [4.78, 5) is 16.1. The number of hydrogen-bond donors (Lipinski definition) is 3. The molecule has 0 radical (unpaired) electrons. The summed E-state index contributed by atoms with van der Waals surface area (Å²) in [5.74, 6) is 0.976. The van der Waals surface area contributed by atoms with Crippen LogP contribution in [0.4, 0.5) is 4.39 Å². The van der Waals surface area contributed by atoms with Gasteiger partial charge in [0.25, 0.3) is 0 Å². The summed E-state index contributed by atoms with van der Waals surface area (Å²) in [7, 11) is 0. The summed E-state index contributed by atoms with van der Waals surface area (Å²) in [6, 6.07) is 6.49. The topological polar surface area (TPSA) is 74.8 Å². The molecule has 1 amide bonds. The average molecular weight is 492 g/mol. The van der Waals surface area contributed by atoms with Gasteiger partial charge in [-0.1, -0.05) is 6.07 Å². The number of aliphatic imine (C=N–C) groups is 1. The fraction of sp³-hybridized carbons (Fsp3) is 0.579. The number of benzene rings is 1. The third kappa shape index (κ3) is 10.4. The van der Waals surface area contributed by atoms with Crippen LogP contribution in [0.1, 0.15) is 39.5 Å². The number of nitrogens with one attached hydrogen (secondary N) is 3. The number of carbonyl (C=O) groups excluding carboxylic acids is 1. The summed E-state index contributed by atoms with van der Waals surface area (Å²) >= 11 is 0. The van der Waals surface area contributed by atoms with E-state index in [9.17, 15) is 9.18 Å². The van der Waals surface area contributed by atoms with Crippen molar-refractivity contribution in [2.75, 3.05) is 19.6 Å². The zero-order valence-corrected chi connectivity index (χ0v) is 18.3. The van der Waals surface area contributed by atoms with E-state index < -0.39 is 0 Å². The fourth-order valence-corrected chi connectivity index (χ4v) is 2.35. The van der Waals surface area contributed by atoms with Gasteiger partial charge < -0.3 is 20.7 Å². The number of amides is 1. The van der Waals surface area contributed by atoms with Crippen molar-refractivity contribution in [3.63, 3.8) is 0 Å². The molecule has 1 aliphatic rings. The van der Waals surface area contributed by atoms with Crippen molar-refractivity contribution in [3.8, 4) is 5.75 Å². The van der Waals surface area contributed by atoms with Gasteiger partial charge in [0.15, 0.2) is 5.96 Å². The van der Waals surface area contributed by atoms with E-state index in [0.717, 1.165) is 25.8 Å². The number of hydrogen-bond acceptors (Lipinski definition) is 3. The highest BCUT2D eigenvalue weighted by Gasteiger charge is 2.22. The molecule has 1 unspecified atom stereocenters. The maximum atomic E-state index is 13.2. The monoisotopic (exact) mass is 492 g/mol. The largest absolute Gasteiger partial charge is 0.489 e. The smallest absolute Gasteiger partial charge is 0.220 e. The van der Waals surface area contributed by atoms with E-state index in [0.29, 0.717) is 37.3 Å². The SMILES string of the molecule is CCNC(=NCC(C)Oc1cccc(F)c1)NCCCC(=O)NC1CC1.I. The molecule has 1 atom stereocenters. The number of guanidine groups is 1. The minimum atomic E-state index is -0.320. The third-order valence-electron chi connectivity index (χ3n) is 3.80. The molecule has 8 heteroatoms. The molecular weight excluding hydrogens is 462 g/mol. The van der Waals surface area contributed by atoms with Gasteiger partial charge in [-0.05, 0) is 45.2 Å². The van der Waals surface area contributed by atoms with Crippen molar-refractivity contribution in [2.24, 2.45) is 4.99 Å². The lowest BCUT2D eigenvalue weighted by atomic mass is 10.3. The molecule has 0 aliphatic heterocycles. The van der Waals surface area contributed by atoms with E-state index in [4.69, 9.17) is 4.74 Å². The van der Waals surface area contributed by atoms with Crippen LogP contribution in [0.5, 0.6) is 5.75 Å². The van der Waals surface area contributed by atoms with Crippen molar-refractivity contribution in [2.45, 2.75) is 51.7 Å². The number of nitrogens with zero attached hydrogens (tertiary/aromatic N) is 1. The quantitative estimate of drug-likeness (QED) is 0.203. The Bertz CT molecular complexity index is 611. The third-order valence-corrected chi connectivity index (χ3v) is 3.80. The number of halogens is 2. The Kier molecular flexibility index (Phi) is 11.1. The van der Waals surface area contributed by atoms with Gasteiger partial charge in [0.2, 0.25) is 5.91 Å². The number of carbonyl (C=O) groups is 1. The molecule has 1 aromatic carbocycles. The molecule has 0 bridgehead atoms. The van der Waals surface area contributed by atoms with Crippen LogP contribution in [0.3, 0.4) is 0 Å². The number of ether oxygens (including phenoxy) is 1. The molecule has 1 aromatic rings. The minimum Gasteiger partial charge on any atom is -0.489 e. The average Bonchev–Trinajstić information content (AvgIpc) is 3.40. The van der Waals surface area contributed by atoms with Crippen LogP contribution >= 0.6 is 24.0 Å². The van der Waals surface area contributed by atoms with Crippen LogP contribution in [0.25, 0.3) is 0 Å². The van der Waals surface area contributed by atoms with Crippen molar-refractivity contribution in [1.82, 2.24) is 16.0 Å². The van der Waals surface area contributed by atoms with Crippen molar-refractivity contribution >= 4 is 35.8 Å². The lowest BCUT2D eigenvalue weighted by molar-refractivity contribution is -0.121. The molecule has 0 spiro atoms. The Morgan fingerprint density at radius 3 is 2.81 bits per heavy atom. The summed E-state index contributed by atoms with van der Waals surface area (Å²) in [6.07, 6.45) is 3.30. The van der Waals surface area contributed by atoms with Crippen molar-refractivity contribution < 1.29 is 13.9 Å². The van der Waals surface area contributed by atoms with Gasteiger partial charge in [-0.3, -0.25) is 4.79 Å². The summed E-state index contributed by atoms with van der Waals surface area (Å²) < 4.78 is 18.8. The molecule has 2 rings (SSSR count). The highest BCUT2D eigenvalue weighted by atomic mass is 127. The maximum Gasteiger partial charge on any atom is 0.220 e. The van der Waals surface area contributed by atoms with Gasteiger partial charge in [0, 0.05) is 31.6 Å². The molecule has 27 heavy (non-hydrogen) atoms. The van der Waals surface area contributed by atoms with E-state index >= 15 is 0 Å². The van der Waals surface area contributed by atoms with E-state index in [2.05, 4.69) is 20.9 Å². The van der Waals surface area contributed by atoms with Gasteiger partial charge in [-0.2, -0.15) is 0 Å². The first-order valence-corrected chi connectivity index (χ1v) is 9.30.